The average Bonchev–Trinajstić information content (AvgIpc) is 3.10. The van der Waals surface area contributed by atoms with Crippen molar-refractivity contribution in [2.24, 2.45) is 0 Å². The molecule has 0 aliphatic rings. The zero-order valence-electron chi connectivity index (χ0n) is 14.2. The number of nitrogens with one attached hydrogen (secondary N) is 1. The normalized spacial score (nSPS) is 10.7. The summed E-state index contributed by atoms with van der Waals surface area (Å²) in [5.74, 6) is -0.130. The second-order valence-corrected chi connectivity index (χ2v) is 5.30. The second-order valence-electron chi connectivity index (χ2n) is 5.30. The molecule has 0 saturated carbocycles. The lowest BCUT2D eigenvalue weighted by atomic mass is 10.2. The average molecular weight is 375 g/mol. The Balaban J connectivity index is 1.67. The van der Waals surface area contributed by atoms with Gasteiger partial charge in [-0.05, 0) is 17.3 Å². The lowest BCUT2D eigenvalue weighted by molar-refractivity contribution is -0.117. The molecule has 0 fully saturated rings. The Morgan fingerprint density at radius 2 is 1.96 bits per heavy atom. The van der Waals surface area contributed by atoms with E-state index in [2.05, 4.69) is 25.5 Å². The van der Waals surface area contributed by atoms with Crippen LogP contribution in [0, 0.1) is 0 Å². The van der Waals surface area contributed by atoms with Gasteiger partial charge in [0, 0.05) is 17.3 Å². The highest BCUT2D eigenvalue weighted by atomic mass is 19.3. The fourth-order valence-electron chi connectivity index (χ4n) is 2.28. The van der Waals surface area contributed by atoms with Crippen LogP contribution in [-0.2, 0) is 11.3 Å². The maximum Gasteiger partial charge on any atom is 0.387 e. The van der Waals surface area contributed by atoms with E-state index in [0.717, 1.165) is 10.4 Å². The lowest BCUT2D eigenvalue weighted by Gasteiger charge is -2.12. The van der Waals surface area contributed by atoms with E-state index in [-0.39, 0.29) is 23.7 Å². The van der Waals surface area contributed by atoms with Crippen LogP contribution in [0.2, 0.25) is 0 Å². The molecular weight excluding hydrogens is 360 g/mol. The zero-order valence-corrected chi connectivity index (χ0v) is 14.2. The van der Waals surface area contributed by atoms with Gasteiger partial charge in [-0.2, -0.15) is 13.6 Å². The fourth-order valence-corrected chi connectivity index (χ4v) is 2.28. The highest BCUT2D eigenvalue weighted by molar-refractivity contribution is 5.90. The number of carbonyl (C=O) groups is 1. The van der Waals surface area contributed by atoms with Crippen LogP contribution in [0.15, 0.2) is 48.5 Å². The number of anilines is 1. The number of amides is 1. The number of methoxy groups -OCH3 is 1. The standard InChI is InChI=1S/C17H15F2N5O3/c1-26-13-8-7-12(9-14(13)27-17(18)19)20-15(25)10-24-22-16(21-23-24)11-5-3-2-4-6-11/h2-9,17H,10H2,1H3,(H,20,25). The van der Waals surface area contributed by atoms with Gasteiger partial charge in [0.15, 0.2) is 11.5 Å². The number of benzene rings is 2. The predicted octanol–water partition coefficient (Wildman–Crippen LogP) is 2.59. The molecule has 0 bridgehead atoms. The first-order chi connectivity index (χ1) is 13.0. The molecule has 8 nitrogen and oxygen atoms in total. The number of nitrogens with zero attached hydrogens (tertiary/aromatic N) is 4. The van der Waals surface area contributed by atoms with Crippen molar-refractivity contribution in [2.45, 2.75) is 13.2 Å². The Morgan fingerprint density at radius 1 is 1.19 bits per heavy atom. The number of alkyl halides is 2. The Bertz CT molecular complexity index is 918. The zero-order chi connectivity index (χ0) is 19.2. The largest absolute Gasteiger partial charge is 0.493 e. The number of hydrogen-bond donors (Lipinski definition) is 1. The van der Waals surface area contributed by atoms with Crippen molar-refractivity contribution in [2.75, 3.05) is 12.4 Å². The van der Waals surface area contributed by atoms with Crippen LogP contribution in [0.3, 0.4) is 0 Å². The van der Waals surface area contributed by atoms with E-state index in [1.54, 1.807) is 0 Å². The van der Waals surface area contributed by atoms with Gasteiger partial charge in [0.2, 0.25) is 11.7 Å². The summed E-state index contributed by atoms with van der Waals surface area (Å²) in [5.41, 5.74) is 1.04. The molecule has 2 aromatic carbocycles. The maximum atomic E-state index is 12.5. The van der Waals surface area contributed by atoms with E-state index in [9.17, 15) is 13.6 Å². The maximum absolute atomic E-state index is 12.5. The molecular formula is C17H15F2N5O3. The Hall–Kier alpha value is -3.56. The quantitative estimate of drug-likeness (QED) is 0.683. The number of hydrogen-bond acceptors (Lipinski definition) is 6. The molecule has 140 valence electrons. The minimum absolute atomic E-state index is 0.124. The van der Waals surface area contributed by atoms with Gasteiger partial charge >= 0.3 is 6.61 Å². The van der Waals surface area contributed by atoms with Crippen molar-refractivity contribution in [3.8, 4) is 22.9 Å². The Kier molecular flexibility index (Phi) is 5.55. The van der Waals surface area contributed by atoms with Gasteiger partial charge in [-0.3, -0.25) is 4.79 Å². The molecule has 10 heteroatoms. The summed E-state index contributed by atoms with van der Waals surface area (Å²) in [6, 6.07) is 13.3. The van der Waals surface area contributed by atoms with Gasteiger partial charge in [-0.1, -0.05) is 30.3 Å². The summed E-state index contributed by atoms with van der Waals surface area (Å²) in [6.45, 7) is -3.21. The fraction of sp³-hybridized carbons (Fsp3) is 0.176. The molecule has 0 saturated heterocycles. The molecule has 0 aliphatic carbocycles. The lowest BCUT2D eigenvalue weighted by Crippen LogP contribution is -2.20. The molecule has 0 unspecified atom stereocenters. The van der Waals surface area contributed by atoms with Crippen LogP contribution in [0.25, 0.3) is 11.4 Å². The molecule has 1 heterocycles. The van der Waals surface area contributed by atoms with E-state index < -0.39 is 12.5 Å². The highest BCUT2D eigenvalue weighted by Gasteiger charge is 2.14. The van der Waals surface area contributed by atoms with Crippen LogP contribution in [0.1, 0.15) is 0 Å². The monoisotopic (exact) mass is 375 g/mol. The molecule has 1 aromatic heterocycles. The summed E-state index contributed by atoms with van der Waals surface area (Å²) in [5, 5.41) is 14.4. The van der Waals surface area contributed by atoms with Crippen molar-refractivity contribution in [3.05, 3.63) is 48.5 Å². The van der Waals surface area contributed by atoms with Gasteiger partial charge in [0.25, 0.3) is 0 Å². The predicted molar refractivity (Wildman–Crippen MR) is 91.5 cm³/mol. The van der Waals surface area contributed by atoms with Crippen molar-refractivity contribution in [3.63, 3.8) is 0 Å². The summed E-state index contributed by atoms with van der Waals surface area (Å²) < 4.78 is 34.3. The molecule has 0 aliphatic heterocycles. The number of ether oxygens (including phenoxy) is 2. The van der Waals surface area contributed by atoms with Crippen LogP contribution in [0.4, 0.5) is 14.5 Å². The van der Waals surface area contributed by atoms with Gasteiger partial charge in [-0.25, -0.2) is 0 Å². The Labute approximate surface area is 152 Å². The van der Waals surface area contributed by atoms with Crippen molar-refractivity contribution in [1.29, 1.82) is 0 Å². The molecule has 0 spiro atoms. The number of aromatic nitrogens is 4. The van der Waals surface area contributed by atoms with Gasteiger partial charge in [-0.15, -0.1) is 10.2 Å². The third kappa shape index (κ3) is 4.75. The number of tetrazole rings is 1. The van der Waals surface area contributed by atoms with Gasteiger partial charge < -0.3 is 14.8 Å². The van der Waals surface area contributed by atoms with Crippen LogP contribution in [0.5, 0.6) is 11.5 Å². The molecule has 0 radical (unpaired) electrons. The minimum Gasteiger partial charge on any atom is -0.493 e. The third-order valence-corrected chi connectivity index (χ3v) is 3.43. The molecule has 3 rings (SSSR count). The first kappa shape index (κ1) is 18.2. The SMILES string of the molecule is COc1ccc(NC(=O)Cn2nnc(-c3ccccc3)n2)cc1OC(F)F. The first-order valence-electron chi connectivity index (χ1n) is 7.81. The van der Waals surface area contributed by atoms with Crippen LogP contribution in [-0.4, -0.2) is 39.8 Å². The second kappa shape index (κ2) is 8.21. The van der Waals surface area contributed by atoms with Crippen LogP contribution < -0.4 is 14.8 Å². The van der Waals surface area contributed by atoms with E-state index in [1.165, 1.54) is 25.3 Å². The molecule has 27 heavy (non-hydrogen) atoms. The van der Waals surface area contributed by atoms with Gasteiger partial charge in [0.05, 0.1) is 7.11 Å². The topological polar surface area (TPSA) is 91.2 Å². The summed E-state index contributed by atoms with van der Waals surface area (Å²) in [7, 11) is 1.33. The van der Waals surface area contributed by atoms with Crippen molar-refractivity contribution >= 4 is 11.6 Å². The summed E-state index contributed by atoms with van der Waals surface area (Å²) >= 11 is 0. The molecule has 0 atom stereocenters. The molecule has 3 aromatic rings. The highest BCUT2D eigenvalue weighted by Crippen LogP contribution is 2.31. The van der Waals surface area contributed by atoms with E-state index in [0.29, 0.717) is 5.82 Å². The molecule has 1 N–H and O–H groups in total. The molecule has 1 amide bonds. The van der Waals surface area contributed by atoms with Gasteiger partial charge in [0.1, 0.15) is 6.54 Å². The number of halogens is 2. The smallest absolute Gasteiger partial charge is 0.387 e. The van der Waals surface area contributed by atoms with E-state index >= 15 is 0 Å². The van der Waals surface area contributed by atoms with E-state index in [4.69, 9.17) is 4.74 Å². The number of rotatable bonds is 7. The van der Waals surface area contributed by atoms with E-state index in [1.807, 2.05) is 30.3 Å². The van der Waals surface area contributed by atoms with Crippen molar-refractivity contribution in [1.82, 2.24) is 20.2 Å². The first-order valence-corrected chi connectivity index (χ1v) is 7.81. The third-order valence-electron chi connectivity index (χ3n) is 3.43. The summed E-state index contributed by atoms with van der Waals surface area (Å²) in [4.78, 5) is 13.3. The van der Waals surface area contributed by atoms with Crippen LogP contribution >= 0.6 is 0 Å². The Morgan fingerprint density at radius 3 is 2.67 bits per heavy atom. The number of carbonyl (C=O) groups excluding carboxylic acids is 1. The summed E-state index contributed by atoms with van der Waals surface area (Å²) in [6.07, 6.45) is 0. The van der Waals surface area contributed by atoms with Crippen molar-refractivity contribution < 1.29 is 23.0 Å². The minimum atomic E-state index is -3.01.